The molecule has 2 atom stereocenters. The molecule has 2 fully saturated rings. The molecule has 0 radical (unpaired) electrons. The van der Waals surface area contributed by atoms with E-state index >= 15 is 0 Å². The first-order valence-electron chi connectivity index (χ1n) is 9.04. The van der Waals surface area contributed by atoms with E-state index in [1.54, 1.807) is 19.2 Å². The molecule has 0 N–H and O–H groups in total. The minimum atomic E-state index is -0.220. The Labute approximate surface area is 152 Å². The lowest BCUT2D eigenvalue weighted by atomic mass is 9.73. The fourth-order valence-electron chi connectivity index (χ4n) is 3.95. The summed E-state index contributed by atoms with van der Waals surface area (Å²) in [4.78, 5) is 18.9. The van der Waals surface area contributed by atoms with Gasteiger partial charge in [0, 0.05) is 43.4 Å². The number of carbonyl (C=O) groups excluding carboxylic acids is 1. The van der Waals surface area contributed by atoms with Crippen molar-refractivity contribution < 1.29 is 18.8 Å². The summed E-state index contributed by atoms with van der Waals surface area (Å²) in [5, 5.41) is 3.87. The number of piperidine rings is 1. The van der Waals surface area contributed by atoms with Gasteiger partial charge >= 0.3 is 0 Å². The van der Waals surface area contributed by atoms with Crippen molar-refractivity contribution >= 4 is 5.91 Å². The summed E-state index contributed by atoms with van der Waals surface area (Å²) in [6.07, 6.45) is 4.54. The van der Waals surface area contributed by atoms with Gasteiger partial charge in [-0.05, 0) is 32.3 Å². The lowest BCUT2D eigenvalue weighted by Crippen LogP contribution is -2.58. The predicted molar refractivity (Wildman–Crippen MR) is 92.9 cm³/mol. The number of aryl methyl sites for hydroxylation is 1. The zero-order chi connectivity index (χ0) is 18.0. The molecule has 2 aromatic rings. The van der Waals surface area contributed by atoms with E-state index in [2.05, 4.69) is 10.1 Å². The van der Waals surface area contributed by atoms with Gasteiger partial charge in [0.05, 0.1) is 12.7 Å². The quantitative estimate of drug-likeness (QED) is 0.836. The number of ether oxygens (including phenoxy) is 2. The van der Waals surface area contributed by atoms with Crippen LogP contribution >= 0.6 is 0 Å². The average Bonchev–Trinajstić information content (AvgIpc) is 3.12. The second kappa shape index (κ2) is 7.07. The normalized spacial score (nSPS) is 25.6. The first kappa shape index (κ1) is 17.0. The number of rotatable bonds is 4. The van der Waals surface area contributed by atoms with Gasteiger partial charge in [-0.3, -0.25) is 4.79 Å². The second-order valence-electron chi connectivity index (χ2n) is 7.12. The highest BCUT2D eigenvalue weighted by molar-refractivity contribution is 5.92. The Hall–Kier alpha value is -2.41. The van der Waals surface area contributed by atoms with Crippen LogP contribution < -0.4 is 4.74 Å². The maximum Gasteiger partial charge on any atom is 0.276 e. The topological polar surface area (TPSA) is 77.7 Å². The van der Waals surface area contributed by atoms with E-state index in [4.69, 9.17) is 14.0 Å². The third kappa shape index (κ3) is 3.31. The lowest BCUT2D eigenvalue weighted by molar-refractivity contribution is -0.133. The Morgan fingerprint density at radius 2 is 2.38 bits per heavy atom. The van der Waals surface area contributed by atoms with Gasteiger partial charge in [-0.2, -0.15) is 0 Å². The van der Waals surface area contributed by atoms with Crippen molar-refractivity contribution in [2.75, 3.05) is 26.3 Å². The van der Waals surface area contributed by atoms with Crippen molar-refractivity contribution in [1.29, 1.82) is 0 Å². The van der Waals surface area contributed by atoms with E-state index in [0.29, 0.717) is 37.0 Å². The Morgan fingerprint density at radius 1 is 1.46 bits per heavy atom. The number of amides is 1. The summed E-state index contributed by atoms with van der Waals surface area (Å²) in [5.74, 6) is 1.14. The van der Waals surface area contributed by atoms with Crippen LogP contribution in [0.1, 0.15) is 35.5 Å². The number of aromatic nitrogens is 2. The van der Waals surface area contributed by atoms with Gasteiger partial charge in [0.25, 0.3) is 5.91 Å². The fourth-order valence-corrected chi connectivity index (χ4v) is 3.95. The SMILES string of the molecule is Cc1cc(C(=O)N2CC[C@H]3OCCC[C@]3(COc3ccccn3)C2)no1. The first-order chi connectivity index (χ1) is 12.7. The molecule has 0 saturated carbocycles. The fraction of sp³-hybridized carbons (Fsp3) is 0.526. The Bertz CT molecular complexity index is 763. The predicted octanol–water partition coefficient (Wildman–Crippen LogP) is 2.47. The molecule has 4 heterocycles. The van der Waals surface area contributed by atoms with Gasteiger partial charge in [0.2, 0.25) is 5.88 Å². The minimum Gasteiger partial charge on any atom is -0.477 e. The van der Waals surface area contributed by atoms with Crippen molar-refractivity contribution in [1.82, 2.24) is 15.0 Å². The molecule has 0 spiro atoms. The molecule has 2 aliphatic heterocycles. The number of nitrogens with zero attached hydrogens (tertiary/aromatic N) is 3. The van der Waals surface area contributed by atoms with E-state index in [0.717, 1.165) is 25.9 Å². The van der Waals surface area contributed by atoms with E-state index in [-0.39, 0.29) is 17.4 Å². The molecule has 0 aromatic carbocycles. The van der Waals surface area contributed by atoms with Crippen molar-refractivity contribution in [2.24, 2.45) is 5.41 Å². The summed E-state index contributed by atoms with van der Waals surface area (Å²) < 4.78 is 17.1. The Morgan fingerprint density at radius 3 is 3.15 bits per heavy atom. The molecule has 1 amide bonds. The molecule has 7 nitrogen and oxygen atoms in total. The molecule has 2 aliphatic rings. The van der Waals surface area contributed by atoms with Crippen LogP contribution in [0.15, 0.2) is 35.0 Å². The van der Waals surface area contributed by atoms with Gasteiger partial charge in [0.15, 0.2) is 5.69 Å². The summed E-state index contributed by atoms with van der Waals surface area (Å²) >= 11 is 0. The monoisotopic (exact) mass is 357 g/mol. The molecule has 0 bridgehead atoms. The van der Waals surface area contributed by atoms with Gasteiger partial charge < -0.3 is 18.9 Å². The standard InChI is InChI=1S/C19H23N3O4/c1-14-11-15(21-26-14)18(23)22-9-6-16-19(12-22,7-4-10-24-16)13-25-17-5-2-3-8-20-17/h2-3,5,8,11,16H,4,6-7,9-10,12-13H2,1H3/t16-,19-/m1/s1. The highest BCUT2D eigenvalue weighted by Crippen LogP contribution is 2.40. The average molecular weight is 357 g/mol. The molecule has 2 aromatic heterocycles. The molecule has 138 valence electrons. The first-order valence-corrected chi connectivity index (χ1v) is 9.04. The van der Waals surface area contributed by atoms with Crippen LogP contribution in [-0.2, 0) is 4.74 Å². The van der Waals surface area contributed by atoms with Crippen LogP contribution in [0.3, 0.4) is 0 Å². The number of carbonyl (C=O) groups is 1. The highest BCUT2D eigenvalue weighted by Gasteiger charge is 2.48. The van der Waals surface area contributed by atoms with Crippen molar-refractivity contribution in [3.8, 4) is 5.88 Å². The summed E-state index contributed by atoms with van der Waals surface area (Å²) in [7, 11) is 0. The third-order valence-electron chi connectivity index (χ3n) is 5.27. The molecule has 0 unspecified atom stereocenters. The number of likely N-dealkylation sites (tertiary alicyclic amines) is 1. The van der Waals surface area contributed by atoms with Gasteiger partial charge in [-0.1, -0.05) is 11.2 Å². The van der Waals surface area contributed by atoms with Crippen LogP contribution in [0, 0.1) is 12.3 Å². The van der Waals surface area contributed by atoms with Gasteiger partial charge in [-0.15, -0.1) is 0 Å². The Balaban J connectivity index is 1.51. The van der Waals surface area contributed by atoms with Crippen molar-refractivity contribution in [3.05, 3.63) is 41.9 Å². The molecule has 7 heteroatoms. The molecule has 0 aliphatic carbocycles. The molecule has 4 rings (SSSR count). The Kier molecular flexibility index (Phi) is 4.63. The number of pyridine rings is 1. The maximum atomic E-state index is 12.8. The van der Waals surface area contributed by atoms with Crippen LogP contribution in [0.5, 0.6) is 5.88 Å². The summed E-state index contributed by atoms with van der Waals surface area (Å²) in [6, 6.07) is 7.29. The second-order valence-corrected chi connectivity index (χ2v) is 7.12. The van der Waals surface area contributed by atoms with Crippen molar-refractivity contribution in [2.45, 2.75) is 32.3 Å². The number of hydrogen-bond acceptors (Lipinski definition) is 6. The molecule has 26 heavy (non-hydrogen) atoms. The molecule has 2 saturated heterocycles. The zero-order valence-corrected chi connectivity index (χ0v) is 14.9. The maximum absolute atomic E-state index is 12.8. The van der Waals surface area contributed by atoms with E-state index < -0.39 is 0 Å². The van der Waals surface area contributed by atoms with E-state index in [1.165, 1.54) is 0 Å². The van der Waals surface area contributed by atoms with Crippen molar-refractivity contribution in [3.63, 3.8) is 0 Å². The zero-order valence-electron chi connectivity index (χ0n) is 14.9. The van der Waals surface area contributed by atoms with Crippen LogP contribution in [-0.4, -0.2) is 53.4 Å². The lowest BCUT2D eigenvalue weighted by Gasteiger charge is -2.49. The minimum absolute atomic E-state index is 0.0944. The van der Waals surface area contributed by atoms with E-state index in [1.807, 2.05) is 23.1 Å². The van der Waals surface area contributed by atoms with Gasteiger partial charge in [-0.25, -0.2) is 4.98 Å². The smallest absolute Gasteiger partial charge is 0.276 e. The third-order valence-corrected chi connectivity index (χ3v) is 5.27. The summed E-state index contributed by atoms with van der Waals surface area (Å²) in [5.41, 5.74) is 0.140. The largest absolute Gasteiger partial charge is 0.477 e. The van der Waals surface area contributed by atoms with Crippen LogP contribution in [0.25, 0.3) is 0 Å². The highest BCUT2D eigenvalue weighted by atomic mass is 16.5. The van der Waals surface area contributed by atoms with Crippen LogP contribution in [0.2, 0.25) is 0 Å². The van der Waals surface area contributed by atoms with E-state index in [9.17, 15) is 4.79 Å². The number of hydrogen-bond donors (Lipinski definition) is 0. The van der Waals surface area contributed by atoms with Gasteiger partial charge in [0.1, 0.15) is 5.76 Å². The molecular weight excluding hydrogens is 334 g/mol. The summed E-state index contributed by atoms with van der Waals surface area (Å²) in [6.45, 7) is 4.28. The number of fused-ring (bicyclic) bond motifs is 1. The molecular formula is C19H23N3O4. The van der Waals surface area contributed by atoms with Crippen LogP contribution in [0.4, 0.5) is 0 Å².